The van der Waals surface area contributed by atoms with Crippen molar-refractivity contribution in [1.82, 2.24) is 4.90 Å². The average molecular weight is 249 g/mol. The Balaban J connectivity index is 0.00000225. The van der Waals surface area contributed by atoms with Crippen molar-refractivity contribution >= 4 is 18.3 Å². The molecule has 16 heavy (non-hydrogen) atoms. The Kier molecular flexibility index (Phi) is 7.38. The van der Waals surface area contributed by atoms with Crippen molar-refractivity contribution in [2.45, 2.75) is 19.4 Å². The van der Waals surface area contributed by atoms with Crippen LogP contribution in [0.2, 0.25) is 0 Å². The topological polar surface area (TPSA) is 55.6 Å². The van der Waals surface area contributed by atoms with E-state index in [4.69, 9.17) is 10.5 Å². The van der Waals surface area contributed by atoms with Crippen molar-refractivity contribution in [2.24, 2.45) is 11.7 Å². The van der Waals surface area contributed by atoms with Crippen molar-refractivity contribution in [3.63, 3.8) is 0 Å². The summed E-state index contributed by atoms with van der Waals surface area (Å²) in [6, 6.07) is 0.225. The van der Waals surface area contributed by atoms with Crippen LogP contribution in [0.15, 0.2) is 12.7 Å². The monoisotopic (exact) mass is 248 g/mol. The molecule has 0 radical (unpaired) electrons. The summed E-state index contributed by atoms with van der Waals surface area (Å²) in [7, 11) is 0. The summed E-state index contributed by atoms with van der Waals surface area (Å²) < 4.78 is 5.12. The third-order valence-corrected chi connectivity index (χ3v) is 2.79. The first kappa shape index (κ1) is 15.4. The molecule has 94 valence electrons. The number of nitrogens with zero attached hydrogens (tertiary/aromatic N) is 1. The minimum Gasteiger partial charge on any atom is -0.368 e. The van der Waals surface area contributed by atoms with Crippen molar-refractivity contribution in [1.29, 1.82) is 0 Å². The number of hydrogen-bond acceptors (Lipinski definition) is 3. The summed E-state index contributed by atoms with van der Waals surface area (Å²) in [4.78, 5) is 13.5. The second kappa shape index (κ2) is 7.65. The van der Waals surface area contributed by atoms with Gasteiger partial charge in [-0.2, -0.15) is 0 Å². The molecule has 0 aliphatic carbocycles. The van der Waals surface area contributed by atoms with Gasteiger partial charge in [0.1, 0.15) is 6.61 Å². The third-order valence-electron chi connectivity index (χ3n) is 2.79. The molecule has 2 atom stereocenters. The van der Waals surface area contributed by atoms with Crippen molar-refractivity contribution in [3.05, 3.63) is 12.7 Å². The van der Waals surface area contributed by atoms with Crippen LogP contribution in [0.1, 0.15) is 13.3 Å². The fourth-order valence-corrected chi connectivity index (χ4v) is 1.71. The lowest BCUT2D eigenvalue weighted by Gasteiger charge is -2.35. The van der Waals surface area contributed by atoms with Crippen LogP contribution in [-0.2, 0) is 9.53 Å². The van der Waals surface area contributed by atoms with Gasteiger partial charge in [0.2, 0.25) is 5.91 Å². The number of hydrogen-bond donors (Lipinski definition) is 1. The third kappa shape index (κ3) is 4.51. The number of nitrogens with two attached hydrogens (primary N) is 1. The number of ether oxygens (including phenoxy) is 1. The van der Waals surface area contributed by atoms with E-state index in [0.29, 0.717) is 12.5 Å². The molecular weight excluding hydrogens is 228 g/mol. The maximum Gasteiger partial charge on any atom is 0.248 e. The van der Waals surface area contributed by atoms with Gasteiger partial charge >= 0.3 is 0 Å². The van der Waals surface area contributed by atoms with E-state index < -0.39 is 0 Å². The van der Waals surface area contributed by atoms with Gasteiger partial charge in [-0.3, -0.25) is 4.79 Å². The van der Waals surface area contributed by atoms with Gasteiger partial charge in [0, 0.05) is 19.1 Å². The molecule has 0 aromatic rings. The first-order valence-electron chi connectivity index (χ1n) is 5.37. The predicted molar refractivity (Wildman–Crippen MR) is 66.6 cm³/mol. The second-order valence-electron chi connectivity index (χ2n) is 4.07. The molecule has 1 heterocycles. The van der Waals surface area contributed by atoms with Crippen molar-refractivity contribution in [3.8, 4) is 0 Å². The highest BCUT2D eigenvalue weighted by molar-refractivity contribution is 5.85. The quantitative estimate of drug-likeness (QED) is 0.592. The van der Waals surface area contributed by atoms with Crippen LogP contribution in [-0.4, -0.2) is 43.2 Å². The summed E-state index contributed by atoms with van der Waals surface area (Å²) in [6.45, 7) is 7.67. The van der Waals surface area contributed by atoms with Crippen LogP contribution < -0.4 is 5.73 Å². The zero-order chi connectivity index (χ0) is 11.3. The molecule has 1 saturated heterocycles. The Bertz CT molecular complexity index is 236. The van der Waals surface area contributed by atoms with E-state index >= 15 is 0 Å². The molecule has 0 aromatic carbocycles. The Hall–Kier alpha value is -0.580. The summed E-state index contributed by atoms with van der Waals surface area (Å²) >= 11 is 0. The fraction of sp³-hybridized carbons (Fsp3) is 0.727. The lowest BCUT2D eigenvalue weighted by atomic mass is 9.95. The maximum atomic E-state index is 11.7. The molecule has 1 fully saturated rings. The summed E-state index contributed by atoms with van der Waals surface area (Å²) in [6.07, 6.45) is 2.52. The summed E-state index contributed by atoms with van der Waals surface area (Å²) in [5.74, 6) is 0.428. The van der Waals surface area contributed by atoms with Gasteiger partial charge in [-0.15, -0.1) is 19.0 Å². The molecule has 5 heteroatoms. The standard InChI is InChI=1S/C11H20N2O2.ClH/c1-3-6-15-8-11(14)13-5-4-10(12)9(2)7-13;/h3,9-10H,1,4-8,12H2,2H3;1H. The lowest BCUT2D eigenvalue weighted by Crippen LogP contribution is -2.49. The maximum absolute atomic E-state index is 11.7. The number of amides is 1. The van der Waals surface area contributed by atoms with Crippen LogP contribution in [0.4, 0.5) is 0 Å². The Morgan fingerprint density at radius 1 is 1.69 bits per heavy atom. The number of piperidine rings is 1. The first-order chi connectivity index (χ1) is 7.15. The Morgan fingerprint density at radius 2 is 2.38 bits per heavy atom. The van der Waals surface area contributed by atoms with Crippen molar-refractivity contribution in [2.75, 3.05) is 26.3 Å². The van der Waals surface area contributed by atoms with E-state index in [-0.39, 0.29) is 31.0 Å². The molecule has 1 aliphatic heterocycles. The van der Waals surface area contributed by atoms with Crippen LogP contribution in [0, 0.1) is 5.92 Å². The Morgan fingerprint density at radius 3 is 2.94 bits per heavy atom. The van der Waals surface area contributed by atoms with E-state index in [1.165, 1.54) is 0 Å². The second-order valence-corrected chi connectivity index (χ2v) is 4.07. The smallest absolute Gasteiger partial charge is 0.248 e. The zero-order valence-electron chi connectivity index (χ0n) is 9.72. The molecule has 0 bridgehead atoms. The van der Waals surface area contributed by atoms with Gasteiger partial charge in [0.25, 0.3) is 0 Å². The molecule has 1 amide bonds. The summed E-state index contributed by atoms with van der Waals surface area (Å²) in [5, 5.41) is 0. The number of carbonyl (C=O) groups excluding carboxylic acids is 1. The normalized spacial score (nSPS) is 24.8. The van der Waals surface area contributed by atoms with Gasteiger partial charge in [-0.05, 0) is 12.3 Å². The first-order valence-corrected chi connectivity index (χ1v) is 5.37. The number of carbonyl (C=O) groups is 1. The van der Waals surface area contributed by atoms with Crippen LogP contribution in [0.5, 0.6) is 0 Å². The van der Waals surface area contributed by atoms with E-state index in [9.17, 15) is 4.79 Å². The summed E-state index contributed by atoms with van der Waals surface area (Å²) in [5.41, 5.74) is 5.88. The van der Waals surface area contributed by atoms with E-state index in [2.05, 4.69) is 13.5 Å². The molecular formula is C11H21ClN2O2. The molecule has 2 N–H and O–H groups in total. The van der Waals surface area contributed by atoms with Gasteiger partial charge in [0.15, 0.2) is 0 Å². The number of halogens is 1. The minimum atomic E-state index is 0. The molecule has 1 rings (SSSR count). The number of rotatable bonds is 4. The van der Waals surface area contributed by atoms with Crippen LogP contribution >= 0.6 is 12.4 Å². The molecule has 4 nitrogen and oxygen atoms in total. The highest BCUT2D eigenvalue weighted by Gasteiger charge is 2.25. The zero-order valence-corrected chi connectivity index (χ0v) is 10.5. The molecule has 2 unspecified atom stereocenters. The molecule has 0 aromatic heterocycles. The minimum absolute atomic E-state index is 0. The predicted octanol–water partition coefficient (Wildman–Crippen LogP) is 0.807. The fourth-order valence-electron chi connectivity index (χ4n) is 1.71. The van der Waals surface area contributed by atoms with E-state index in [0.717, 1.165) is 19.5 Å². The van der Waals surface area contributed by atoms with Crippen LogP contribution in [0.3, 0.4) is 0 Å². The van der Waals surface area contributed by atoms with E-state index in [1.54, 1.807) is 6.08 Å². The SMILES string of the molecule is C=CCOCC(=O)N1CCC(N)C(C)C1.Cl. The van der Waals surface area contributed by atoms with Gasteiger partial charge in [0.05, 0.1) is 6.61 Å². The van der Waals surface area contributed by atoms with Gasteiger partial charge < -0.3 is 15.4 Å². The van der Waals surface area contributed by atoms with Crippen molar-refractivity contribution < 1.29 is 9.53 Å². The Labute approximate surface area is 103 Å². The van der Waals surface area contributed by atoms with Crippen LogP contribution in [0.25, 0.3) is 0 Å². The molecule has 1 aliphatic rings. The molecule has 0 saturated carbocycles. The highest BCUT2D eigenvalue weighted by atomic mass is 35.5. The van der Waals surface area contributed by atoms with Gasteiger partial charge in [-0.25, -0.2) is 0 Å². The van der Waals surface area contributed by atoms with Gasteiger partial charge in [-0.1, -0.05) is 13.0 Å². The average Bonchev–Trinajstić information content (AvgIpc) is 2.22. The van der Waals surface area contributed by atoms with E-state index in [1.807, 2.05) is 4.90 Å². The largest absolute Gasteiger partial charge is 0.368 e. The highest BCUT2D eigenvalue weighted by Crippen LogP contribution is 2.14. The lowest BCUT2D eigenvalue weighted by molar-refractivity contribution is -0.137. The number of likely N-dealkylation sites (tertiary alicyclic amines) is 1. The molecule has 0 spiro atoms.